The second-order valence-electron chi connectivity index (χ2n) is 7.27. The second-order valence-corrected chi connectivity index (χ2v) is 7.27. The van der Waals surface area contributed by atoms with E-state index in [-0.39, 0.29) is 13.0 Å². The number of aryl methyl sites for hydroxylation is 2. The lowest BCUT2D eigenvalue weighted by Crippen LogP contribution is -2.21. The Morgan fingerprint density at radius 2 is 1.71 bits per heavy atom. The van der Waals surface area contributed by atoms with Crippen LogP contribution < -0.4 is 10.1 Å². The Labute approximate surface area is 182 Å². The van der Waals surface area contributed by atoms with Crippen LogP contribution >= 0.6 is 0 Å². The van der Waals surface area contributed by atoms with E-state index >= 15 is 0 Å². The van der Waals surface area contributed by atoms with Crippen molar-refractivity contribution in [2.75, 3.05) is 18.5 Å². The largest absolute Gasteiger partial charge is 0.494 e. The van der Waals surface area contributed by atoms with Gasteiger partial charge in [0.2, 0.25) is 0 Å². The average molecular weight is 421 g/mol. The summed E-state index contributed by atoms with van der Waals surface area (Å²) in [4.78, 5) is 24.2. The zero-order valence-electron chi connectivity index (χ0n) is 18.1. The van der Waals surface area contributed by atoms with E-state index in [2.05, 4.69) is 10.4 Å². The topological polar surface area (TPSA) is 82.5 Å². The van der Waals surface area contributed by atoms with E-state index in [9.17, 15) is 9.59 Å². The summed E-state index contributed by atoms with van der Waals surface area (Å²) in [5.74, 6) is -0.0775. The lowest BCUT2D eigenvalue weighted by atomic mass is 10.2. The number of benzene rings is 2. The molecule has 0 unspecified atom stereocenters. The number of carbonyl (C=O) groups excluding carboxylic acids is 2. The lowest BCUT2D eigenvalue weighted by molar-refractivity contribution is -0.147. The Morgan fingerprint density at radius 1 is 1.00 bits per heavy atom. The fourth-order valence-electron chi connectivity index (χ4n) is 3.08. The van der Waals surface area contributed by atoms with Crippen LogP contribution in [0.5, 0.6) is 5.75 Å². The minimum absolute atomic E-state index is 0.184. The van der Waals surface area contributed by atoms with E-state index in [0.717, 1.165) is 22.7 Å². The first kappa shape index (κ1) is 22.1. The molecule has 0 aliphatic heterocycles. The highest BCUT2D eigenvalue weighted by atomic mass is 16.5. The van der Waals surface area contributed by atoms with Gasteiger partial charge in [-0.15, -0.1) is 0 Å². The molecule has 31 heavy (non-hydrogen) atoms. The Morgan fingerprint density at radius 3 is 2.42 bits per heavy atom. The number of rotatable bonds is 9. The van der Waals surface area contributed by atoms with Crippen molar-refractivity contribution in [3.63, 3.8) is 0 Å². The molecule has 1 aromatic heterocycles. The van der Waals surface area contributed by atoms with Crippen LogP contribution in [0.3, 0.4) is 0 Å². The Bertz CT molecular complexity index is 1030. The molecule has 0 bridgehead atoms. The standard InChI is InChI=1S/C24H27N3O4/c1-17-11-13-20(14-12-17)27-19(3)24(18(2)26-27)25-22(28)16-31-23(29)10-7-15-30-21-8-5-4-6-9-21/h4-6,8-9,11-14H,7,10,15-16H2,1-3H3,(H,25,28). The first-order valence-corrected chi connectivity index (χ1v) is 10.2. The molecular weight excluding hydrogens is 394 g/mol. The fourth-order valence-corrected chi connectivity index (χ4v) is 3.08. The first-order valence-electron chi connectivity index (χ1n) is 10.2. The fraction of sp³-hybridized carbons (Fsp3) is 0.292. The molecule has 7 heteroatoms. The van der Waals surface area contributed by atoms with Crippen molar-refractivity contribution in [2.24, 2.45) is 0 Å². The van der Waals surface area contributed by atoms with E-state index in [4.69, 9.17) is 9.47 Å². The van der Waals surface area contributed by atoms with Crippen LogP contribution in [-0.2, 0) is 14.3 Å². The minimum Gasteiger partial charge on any atom is -0.494 e. The number of hydrogen-bond donors (Lipinski definition) is 1. The summed E-state index contributed by atoms with van der Waals surface area (Å²) in [6.07, 6.45) is 0.695. The summed E-state index contributed by atoms with van der Waals surface area (Å²) in [7, 11) is 0. The predicted octanol–water partition coefficient (Wildman–Crippen LogP) is 4.14. The predicted molar refractivity (Wildman–Crippen MR) is 119 cm³/mol. The number of para-hydroxylation sites is 1. The van der Waals surface area contributed by atoms with Gasteiger partial charge in [-0.25, -0.2) is 4.68 Å². The summed E-state index contributed by atoms with van der Waals surface area (Å²) in [6, 6.07) is 17.4. The summed E-state index contributed by atoms with van der Waals surface area (Å²) in [6.45, 7) is 5.80. The summed E-state index contributed by atoms with van der Waals surface area (Å²) < 4.78 is 12.4. The van der Waals surface area contributed by atoms with Crippen molar-refractivity contribution in [2.45, 2.75) is 33.6 Å². The highest BCUT2D eigenvalue weighted by Gasteiger charge is 2.16. The van der Waals surface area contributed by atoms with Crippen molar-refractivity contribution < 1.29 is 19.1 Å². The second kappa shape index (κ2) is 10.4. The molecule has 0 saturated heterocycles. The van der Waals surface area contributed by atoms with Gasteiger partial charge in [0.1, 0.15) is 5.75 Å². The molecule has 7 nitrogen and oxygen atoms in total. The molecule has 3 aromatic rings. The number of aromatic nitrogens is 2. The number of amides is 1. The molecule has 0 spiro atoms. The summed E-state index contributed by atoms with van der Waals surface area (Å²) in [5.41, 5.74) is 4.19. The highest BCUT2D eigenvalue weighted by molar-refractivity contribution is 5.93. The number of nitrogens with one attached hydrogen (secondary N) is 1. The third-order valence-electron chi connectivity index (χ3n) is 4.74. The molecule has 0 radical (unpaired) electrons. The van der Waals surface area contributed by atoms with Gasteiger partial charge in [0.05, 0.1) is 29.4 Å². The maximum absolute atomic E-state index is 12.3. The zero-order valence-corrected chi connectivity index (χ0v) is 18.1. The maximum atomic E-state index is 12.3. The minimum atomic E-state index is -0.435. The molecule has 0 aliphatic rings. The normalized spacial score (nSPS) is 10.5. The Balaban J connectivity index is 1.45. The molecule has 1 amide bonds. The van der Waals surface area contributed by atoms with E-state index < -0.39 is 11.9 Å². The first-order chi connectivity index (χ1) is 14.9. The quantitative estimate of drug-likeness (QED) is 0.415. The Kier molecular flexibility index (Phi) is 7.43. The van der Waals surface area contributed by atoms with Gasteiger partial charge in [-0.2, -0.15) is 5.10 Å². The highest BCUT2D eigenvalue weighted by Crippen LogP contribution is 2.23. The average Bonchev–Trinajstić information content (AvgIpc) is 3.05. The van der Waals surface area contributed by atoms with Crippen LogP contribution in [-0.4, -0.2) is 34.9 Å². The summed E-state index contributed by atoms with van der Waals surface area (Å²) >= 11 is 0. The lowest BCUT2D eigenvalue weighted by Gasteiger charge is -2.09. The molecular formula is C24H27N3O4. The van der Waals surface area contributed by atoms with E-state index in [1.165, 1.54) is 0 Å². The molecule has 1 N–H and O–H groups in total. The molecule has 0 fully saturated rings. The molecule has 0 atom stereocenters. The van der Waals surface area contributed by atoms with Crippen LogP contribution in [0.4, 0.5) is 5.69 Å². The number of carbonyl (C=O) groups is 2. The number of nitrogens with zero attached hydrogens (tertiary/aromatic N) is 2. The Hall–Kier alpha value is -3.61. The molecule has 2 aromatic carbocycles. The van der Waals surface area contributed by atoms with E-state index in [1.807, 2.05) is 75.4 Å². The smallest absolute Gasteiger partial charge is 0.306 e. The number of hydrogen-bond acceptors (Lipinski definition) is 5. The van der Waals surface area contributed by atoms with Crippen molar-refractivity contribution in [1.29, 1.82) is 0 Å². The van der Waals surface area contributed by atoms with Crippen LogP contribution in [0.1, 0.15) is 29.8 Å². The van der Waals surface area contributed by atoms with Crippen molar-refractivity contribution >= 4 is 17.6 Å². The molecule has 162 valence electrons. The van der Waals surface area contributed by atoms with Crippen molar-refractivity contribution in [1.82, 2.24) is 9.78 Å². The van der Waals surface area contributed by atoms with Gasteiger partial charge in [-0.3, -0.25) is 9.59 Å². The summed E-state index contributed by atoms with van der Waals surface area (Å²) in [5, 5.41) is 7.31. The molecule has 0 saturated carbocycles. The molecule has 3 rings (SSSR count). The van der Waals surface area contributed by atoms with Gasteiger partial charge >= 0.3 is 5.97 Å². The van der Waals surface area contributed by atoms with Gasteiger partial charge in [0.15, 0.2) is 6.61 Å². The van der Waals surface area contributed by atoms with Gasteiger partial charge in [0, 0.05) is 6.42 Å². The number of ether oxygens (including phenoxy) is 2. The van der Waals surface area contributed by atoms with Crippen LogP contribution in [0.2, 0.25) is 0 Å². The van der Waals surface area contributed by atoms with Gasteiger partial charge in [-0.1, -0.05) is 35.9 Å². The van der Waals surface area contributed by atoms with Crippen molar-refractivity contribution in [3.8, 4) is 11.4 Å². The van der Waals surface area contributed by atoms with Crippen LogP contribution in [0, 0.1) is 20.8 Å². The maximum Gasteiger partial charge on any atom is 0.306 e. The monoisotopic (exact) mass is 421 g/mol. The van der Waals surface area contributed by atoms with Crippen LogP contribution in [0.15, 0.2) is 54.6 Å². The molecule has 1 heterocycles. The van der Waals surface area contributed by atoms with E-state index in [1.54, 1.807) is 4.68 Å². The van der Waals surface area contributed by atoms with Gasteiger partial charge in [-0.05, 0) is 51.5 Å². The SMILES string of the molecule is Cc1ccc(-n2nc(C)c(NC(=O)COC(=O)CCCOc3ccccc3)c2C)cc1. The number of anilines is 1. The van der Waals surface area contributed by atoms with Crippen molar-refractivity contribution in [3.05, 3.63) is 71.5 Å². The third kappa shape index (κ3) is 6.18. The number of esters is 1. The van der Waals surface area contributed by atoms with Gasteiger partial charge in [0.25, 0.3) is 5.91 Å². The molecule has 0 aliphatic carbocycles. The van der Waals surface area contributed by atoms with Gasteiger partial charge < -0.3 is 14.8 Å². The third-order valence-corrected chi connectivity index (χ3v) is 4.74. The zero-order chi connectivity index (χ0) is 22.2. The van der Waals surface area contributed by atoms with Crippen LogP contribution in [0.25, 0.3) is 5.69 Å². The van der Waals surface area contributed by atoms with E-state index in [0.29, 0.717) is 24.4 Å².